The van der Waals surface area contributed by atoms with Crippen molar-refractivity contribution < 1.29 is 14.3 Å². The second kappa shape index (κ2) is 5.77. The van der Waals surface area contributed by atoms with Crippen LogP contribution in [0.1, 0.15) is 27.7 Å². The van der Waals surface area contributed by atoms with Crippen molar-refractivity contribution in [1.29, 1.82) is 0 Å². The zero-order chi connectivity index (χ0) is 14.6. The first-order valence-electron chi connectivity index (χ1n) is 6.03. The van der Waals surface area contributed by atoms with E-state index in [1.807, 2.05) is 20.8 Å². The molecule has 6 heteroatoms. The van der Waals surface area contributed by atoms with Gasteiger partial charge in [-0.2, -0.15) is 4.98 Å². The van der Waals surface area contributed by atoms with Gasteiger partial charge in [0.15, 0.2) is 0 Å². The Labute approximate surface area is 113 Å². The number of methoxy groups -OCH3 is 1. The number of nitrogens with zero attached hydrogens (tertiary/aromatic N) is 1. The van der Waals surface area contributed by atoms with Gasteiger partial charge in [0.1, 0.15) is 17.5 Å². The molecule has 0 fully saturated rings. The van der Waals surface area contributed by atoms with Crippen molar-refractivity contribution in [2.75, 3.05) is 18.2 Å². The molecule has 0 bridgehead atoms. The molecule has 3 N–H and O–H groups in total. The first kappa shape index (κ1) is 15.1. The Morgan fingerprint density at radius 3 is 2.58 bits per heavy atom. The van der Waals surface area contributed by atoms with Gasteiger partial charge in [-0.1, -0.05) is 0 Å². The summed E-state index contributed by atoms with van der Waals surface area (Å²) in [5.74, 6) is 0.484. The third-order valence-corrected chi connectivity index (χ3v) is 2.21. The number of esters is 1. The smallest absolute Gasteiger partial charge is 0.328 e. The maximum absolute atomic E-state index is 11.3. The van der Waals surface area contributed by atoms with Gasteiger partial charge < -0.3 is 20.5 Å². The lowest BCUT2D eigenvalue weighted by Gasteiger charge is -2.22. The molecule has 0 aliphatic carbocycles. The number of carbonyl (C=O) groups is 1. The highest BCUT2D eigenvalue weighted by atomic mass is 16.5. The van der Waals surface area contributed by atoms with E-state index in [0.29, 0.717) is 17.4 Å². The SMILES string of the molecule is COC(=O)C(C)Nc1ccc(N)c(OC(C)(C)C)n1. The molecular weight excluding hydrogens is 246 g/mol. The van der Waals surface area contributed by atoms with Crippen LogP contribution < -0.4 is 15.8 Å². The summed E-state index contributed by atoms with van der Waals surface area (Å²) in [5, 5.41) is 2.92. The summed E-state index contributed by atoms with van der Waals surface area (Å²) in [5.41, 5.74) is 5.86. The summed E-state index contributed by atoms with van der Waals surface area (Å²) in [7, 11) is 1.34. The van der Waals surface area contributed by atoms with Crippen LogP contribution in [0.2, 0.25) is 0 Å². The quantitative estimate of drug-likeness (QED) is 0.809. The van der Waals surface area contributed by atoms with E-state index in [0.717, 1.165) is 0 Å². The number of ether oxygens (including phenoxy) is 2. The topological polar surface area (TPSA) is 86.5 Å². The van der Waals surface area contributed by atoms with Gasteiger partial charge >= 0.3 is 5.97 Å². The lowest BCUT2D eigenvalue weighted by Crippen LogP contribution is -2.28. The summed E-state index contributed by atoms with van der Waals surface area (Å²) >= 11 is 0. The van der Waals surface area contributed by atoms with E-state index in [2.05, 4.69) is 15.0 Å². The van der Waals surface area contributed by atoms with E-state index in [9.17, 15) is 4.79 Å². The Bertz CT molecular complexity index is 455. The van der Waals surface area contributed by atoms with Gasteiger partial charge in [0.05, 0.1) is 12.8 Å². The number of carbonyl (C=O) groups excluding carboxylic acids is 1. The Morgan fingerprint density at radius 1 is 1.42 bits per heavy atom. The molecule has 0 amide bonds. The second-order valence-electron chi connectivity index (χ2n) is 5.19. The molecule has 19 heavy (non-hydrogen) atoms. The standard InChI is InChI=1S/C13H21N3O3/c1-8(12(17)18-5)15-10-7-6-9(14)11(16-10)19-13(2,3)4/h6-8H,14H2,1-5H3,(H,15,16). The van der Waals surface area contributed by atoms with Crippen LogP contribution in [0.15, 0.2) is 12.1 Å². The van der Waals surface area contributed by atoms with Crippen LogP contribution in [0.3, 0.4) is 0 Å². The van der Waals surface area contributed by atoms with Crippen LogP contribution in [-0.4, -0.2) is 29.7 Å². The molecule has 0 radical (unpaired) electrons. The molecule has 0 aliphatic heterocycles. The van der Waals surface area contributed by atoms with E-state index >= 15 is 0 Å². The van der Waals surface area contributed by atoms with Crippen molar-refractivity contribution in [3.8, 4) is 5.88 Å². The predicted octanol–water partition coefficient (Wildman–Crippen LogP) is 1.81. The Morgan fingerprint density at radius 2 is 2.05 bits per heavy atom. The van der Waals surface area contributed by atoms with E-state index in [-0.39, 0.29) is 5.97 Å². The lowest BCUT2D eigenvalue weighted by molar-refractivity contribution is -0.141. The fourth-order valence-corrected chi connectivity index (χ4v) is 1.36. The summed E-state index contributed by atoms with van der Waals surface area (Å²) in [6, 6.07) is 2.87. The fraction of sp³-hybridized carbons (Fsp3) is 0.538. The van der Waals surface area contributed by atoms with Crippen molar-refractivity contribution in [3.63, 3.8) is 0 Å². The van der Waals surface area contributed by atoms with E-state index in [4.69, 9.17) is 10.5 Å². The molecule has 0 aliphatic rings. The third-order valence-electron chi connectivity index (χ3n) is 2.21. The lowest BCUT2D eigenvalue weighted by atomic mass is 10.2. The van der Waals surface area contributed by atoms with Crippen LogP contribution >= 0.6 is 0 Å². The summed E-state index contributed by atoms with van der Waals surface area (Å²) in [6.45, 7) is 7.41. The average Bonchev–Trinajstić information content (AvgIpc) is 2.30. The second-order valence-corrected chi connectivity index (χ2v) is 5.19. The predicted molar refractivity (Wildman–Crippen MR) is 74.1 cm³/mol. The fourth-order valence-electron chi connectivity index (χ4n) is 1.36. The normalized spacial score (nSPS) is 12.7. The average molecular weight is 267 g/mol. The maximum Gasteiger partial charge on any atom is 0.328 e. The van der Waals surface area contributed by atoms with Gasteiger partial charge in [-0.25, -0.2) is 4.79 Å². The van der Waals surface area contributed by atoms with Crippen molar-refractivity contribution in [1.82, 2.24) is 4.98 Å². The van der Waals surface area contributed by atoms with Gasteiger partial charge in [-0.05, 0) is 39.8 Å². The van der Waals surface area contributed by atoms with Crippen LogP contribution in [0.4, 0.5) is 11.5 Å². The van der Waals surface area contributed by atoms with Crippen LogP contribution in [-0.2, 0) is 9.53 Å². The van der Waals surface area contributed by atoms with Crippen molar-refractivity contribution in [3.05, 3.63) is 12.1 Å². The maximum atomic E-state index is 11.3. The molecular formula is C13H21N3O3. The minimum atomic E-state index is -0.497. The number of hydrogen-bond acceptors (Lipinski definition) is 6. The molecule has 106 valence electrons. The molecule has 0 spiro atoms. The van der Waals surface area contributed by atoms with Crippen LogP contribution in [0, 0.1) is 0 Å². The van der Waals surface area contributed by atoms with Gasteiger partial charge in [0.2, 0.25) is 5.88 Å². The molecule has 1 heterocycles. The van der Waals surface area contributed by atoms with Crippen LogP contribution in [0.5, 0.6) is 5.88 Å². The number of nitrogen functional groups attached to an aromatic ring is 1. The van der Waals surface area contributed by atoms with Crippen LogP contribution in [0.25, 0.3) is 0 Å². The molecule has 0 aromatic carbocycles. The van der Waals surface area contributed by atoms with Gasteiger partial charge in [-0.15, -0.1) is 0 Å². The Kier molecular flexibility index (Phi) is 4.58. The Hall–Kier alpha value is -1.98. The molecule has 1 aromatic rings. The molecule has 1 atom stereocenters. The minimum Gasteiger partial charge on any atom is -0.470 e. The molecule has 6 nitrogen and oxygen atoms in total. The van der Waals surface area contributed by atoms with Gasteiger partial charge in [-0.3, -0.25) is 0 Å². The summed E-state index contributed by atoms with van der Waals surface area (Å²) < 4.78 is 10.3. The molecule has 1 unspecified atom stereocenters. The number of nitrogens with one attached hydrogen (secondary N) is 1. The number of pyridine rings is 1. The summed E-state index contributed by atoms with van der Waals surface area (Å²) in [4.78, 5) is 15.6. The van der Waals surface area contributed by atoms with Crippen molar-refractivity contribution >= 4 is 17.5 Å². The van der Waals surface area contributed by atoms with Gasteiger partial charge in [0, 0.05) is 0 Å². The highest BCUT2D eigenvalue weighted by Gasteiger charge is 2.17. The van der Waals surface area contributed by atoms with Crippen molar-refractivity contribution in [2.24, 2.45) is 0 Å². The highest BCUT2D eigenvalue weighted by molar-refractivity contribution is 5.78. The van der Waals surface area contributed by atoms with E-state index in [1.165, 1.54) is 7.11 Å². The zero-order valence-corrected chi connectivity index (χ0v) is 12.0. The monoisotopic (exact) mass is 267 g/mol. The molecule has 0 saturated carbocycles. The highest BCUT2D eigenvalue weighted by Crippen LogP contribution is 2.25. The van der Waals surface area contributed by atoms with E-state index < -0.39 is 11.6 Å². The molecule has 1 aromatic heterocycles. The Balaban J connectivity index is 2.87. The minimum absolute atomic E-state index is 0.342. The third kappa shape index (κ3) is 4.65. The number of rotatable bonds is 4. The summed E-state index contributed by atoms with van der Waals surface area (Å²) in [6.07, 6.45) is 0. The molecule has 1 rings (SSSR count). The first-order valence-corrected chi connectivity index (χ1v) is 6.03. The van der Waals surface area contributed by atoms with E-state index in [1.54, 1.807) is 19.1 Å². The number of nitrogens with two attached hydrogens (primary N) is 1. The first-order chi connectivity index (χ1) is 8.73. The zero-order valence-electron chi connectivity index (χ0n) is 12.0. The van der Waals surface area contributed by atoms with Crippen molar-refractivity contribution in [2.45, 2.75) is 39.3 Å². The number of hydrogen-bond donors (Lipinski definition) is 2. The van der Waals surface area contributed by atoms with Gasteiger partial charge in [0.25, 0.3) is 0 Å². The molecule has 0 saturated heterocycles. The number of aromatic nitrogens is 1. The largest absolute Gasteiger partial charge is 0.470 e. The number of anilines is 2.